The van der Waals surface area contributed by atoms with Gasteiger partial charge in [0.05, 0.1) is 5.56 Å². The van der Waals surface area contributed by atoms with Crippen molar-refractivity contribution in [2.24, 2.45) is 0 Å². The first kappa shape index (κ1) is 13.6. The number of carbonyl (C=O) groups excluding carboxylic acids is 1. The van der Waals surface area contributed by atoms with Gasteiger partial charge < -0.3 is 10.4 Å². The number of phenolic OH excluding ortho intramolecular Hbond substituents is 1. The number of phenols is 1. The number of aryl methyl sites for hydroxylation is 1. The van der Waals surface area contributed by atoms with Crippen LogP contribution in [-0.2, 0) is 5.33 Å². The molecule has 2 N–H and O–H groups in total. The molecule has 98 valence electrons. The van der Waals surface area contributed by atoms with Crippen molar-refractivity contribution in [3.63, 3.8) is 0 Å². The second-order valence-corrected chi connectivity index (χ2v) is 4.87. The highest BCUT2D eigenvalue weighted by Gasteiger charge is 2.11. The van der Waals surface area contributed by atoms with Gasteiger partial charge in [-0.15, -0.1) is 0 Å². The molecule has 0 heterocycles. The molecule has 0 aromatic heterocycles. The summed E-state index contributed by atoms with van der Waals surface area (Å²) in [5, 5.41) is 13.3. The first-order valence-corrected chi connectivity index (χ1v) is 6.98. The first-order valence-electron chi connectivity index (χ1n) is 5.86. The quantitative estimate of drug-likeness (QED) is 0.844. The summed E-state index contributed by atoms with van der Waals surface area (Å²) in [5.41, 5.74) is 3.02. The molecule has 2 aromatic rings. The van der Waals surface area contributed by atoms with Crippen molar-refractivity contribution in [1.82, 2.24) is 0 Å². The van der Waals surface area contributed by atoms with Crippen LogP contribution in [0.3, 0.4) is 0 Å². The standard InChI is InChI=1S/C15H14BrNO2/c1-10-2-7-13(14(18)8-10)15(19)17-12-5-3-11(9-16)4-6-12/h2-8,18H,9H2,1H3,(H,17,19). The fourth-order valence-electron chi connectivity index (χ4n) is 1.71. The second-order valence-electron chi connectivity index (χ2n) is 4.31. The van der Waals surface area contributed by atoms with E-state index >= 15 is 0 Å². The van der Waals surface area contributed by atoms with E-state index in [1.54, 1.807) is 18.2 Å². The molecule has 0 bridgehead atoms. The molecule has 4 heteroatoms. The summed E-state index contributed by atoms with van der Waals surface area (Å²) in [7, 11) is 0. The number of aromatic hydroxyl groups is 1. The van der Waals surface area contributed by atoms with E-state index in [-0.39, 0.29) is 17.2 Å². The highest BCUT2D eigenvalue weighted by atomic mass is 79.9. The van der Waals surface area contributed by atoms with Crippen molar-refractivity contribution in [1.29, 1.82) is 0 Å². The molecule has 0 fully saturated rings. The van der Waals surface area contributed by atoms with E-state index in [1.807, 2.05) is 31.2 Å². The Kier molecular flexibility index (Phi) is 4.22. The molecular weight excluding hydrogens is 306 g/mol. The third-order valence-corrected chi connectivity index (χ3v) is 3.41. The SMILES string of the molecule is Cc1ccc(C(=O)Nc2ccc(CBr)cc2)c(O)c1. The van der Waals surface area contributed by atoms with Crippen LogP contribution in [-0.4, -0.2) is 11.0 Å². The van der Waals surface area contributed by atoms with E-state index < -0.39 is 0 Å². The van der Waals surface area contributed by atoms with E-state index in [1.165, 1.54) is 0 Å². The Balaban J connectivity index is 2.15. The molecule has 2 aromatic carbocycles. The zero-order chi connectivity index (χ0) is 13.8. The van der Waals surface area contributed by atoms with Crippen LogP contribution in [0.1, 0.15) is 21.5 Å². The van der Waals surface area contributed by atoms with Crippen LogP contribution >= 0.6 is 15.9 Å². The van der Waals surface area contributed by atoms with Crippen LogP contribution in [0.2, 0.25) is 0 Å². The van der Waals surface area contributed by atoms with Crippen molar-refractivity contribution < 1.29 is 9.90 Å². The van der Waals surface area contributed by atoms with Crippen LogP contribution in [0, 0.1) is 6.92 Å². The lowest BCUT2D eigenvalue weighted by Crippen LogP contribution is -2.12. The number of benzene rings is 2. The van der Waals surface area contributed by atoms with Gasteiger partial charge in [-0.05, 0) is 42.3 Å². The third-order valence-electron chi connectivity index (χ3n) is 2.76. The summed E-state index contributed by atoms with van der Waals surface area (Å²) in [6, 6.07) is 12.5. The maximum absolute atomic E-state index is 12.0. The van der Waals surface area contributed by atoms with Crippen LogP contribution < -0.4 is 5.32 Å². The van der Waals surface area contributed by atoms with Crippen molar-refractivity contribution in [2.75, 3.05) is 5.32 Å². The lowest BCUT2D eigenvalue weighted by molar-refractivity contribution is 0.102. The number of carbonyl (C=O) groups is 1. The molecule has 1 amide bonds. The molecule has 2 rings (SSSR count). The lowest BCUT2D eigenvalue weighted by atomic mass is 10.1. The monoisotopic (exact) mass is 319 g/mol. The highest BCUT2D eigenvalue weighted by Crippen LogP contribution is 2.20. The molecule has 3 nitrogen and oxygen atoms in total. The number of halogens is 1. The van der Waals surface area contributed by atoms with Gasteiger partial charge in [0.1, 0.15) is 5.75 Å². The van der Waals surface area contributed by atoms with Crippen LogP contribution in [0.5, 0.6) is 5.75 Å². The van der Waals surface area contributed by atoms with Crippen LogP contribution in [0.4, 0.5) is 5.69 Å². The molecule has 0 spiro atoms. The molecule has 0 atom stereocenters. The van der Waals surface area contributed by atoms with Gasteiger partial charge in [0.25, 0.3) is 5.91 Å². The van der Waals surface area contributed by atoms with Gasteiger partial charge in [0.2, 0.25) is 0 Å². The third kappa shape index (κ3) is 3.35. The number of hydrogen-bond donors (Lipinski definition) is 2. The Bertz CT molecular complexity index is 594. The predicted molar refractivity (Wildman–Crippen MR) is 79.9 cm³/mol. The van der Waals surface area contributed by atoms with Gasteiger partial charge >= 0.3 is 0 Å². The largest absolute Gasteiger partial charge is 0.507 e. The molecular formula is C15H14BrNO2. The average molecular weight is 320 g/mol. The van der Waals surface area contributed by atoms with Crippen molar-refractivity contribution >= 4 is 27.5 Å². The molecule has 19 heavy (non-hydrogen) atoms. The topological polar surface area (TPSA) is 49.3 Å². The summed E-state index contributed by atoms with van der Waals surface area (Å²) < 4.78 is 0. The number of nitrogens with one attached hydrogen (secondary N) is 1. The minimum Gasteiger partial charge on any atom is -0.507 e. The Morgan fingerprint density at radius 3 is 2.47 bits per heavy atom. The summed E-state index contributed by atoms with van der Waals surface area (Å²) >= 11 is 3.37. The highest BCUT2D eigenvalue weighted by molar-refractivity contribution is 9.08. The molecule has 0 aliphatic rings. The number of alkyl halides is 1. The maximum atomic E-state index is 12.0. The maximum Gasteiger partial charge on any atom is 0.259 e. The number of rotatable bonds is 3. The Labute approximate surface area is 120 Å². The van der Waals surface area contributed by atoms with Gasteiger partial charge in [-0.3, -0.25) is 4.79 Å². The van der Waals surface area contributed by atoms with Crippen molar-refractivity contribution in [2.45, 2.75) is 12.3 Å². The number of hydrogen-bond acceptors (Lipinski definition) is 2. The van der Waals surface area contributed by atoms with E-state index in [4.69, 9.17) is 0 Å². The predicted octanol–water partition coefficient (Wildman–Crippen LogP) is 3.85. The Morgan fingerprint density at radius 1 is 1.21 bits per heavy atom. The van der Waals surface area contributed by atoms with E-state index in [0.717, 1.165) is 16.5 Å². The fraction of sp³-hybridized carbons (Fsp3) is 0.133. The molecule has 0 aliphatic heterocycles. The van der Waals surface area contributed by atoms with E-state index in [2.05, 4.69) is 21.2 Å². The van der Waals surface area contributed by atoms with E-state index in [9.17, 15) is 9.90 Å². The summed E-state index contributed by atoms with van der Waals surface area (Å²) in [6.07, 6.45) is 0. The molecule has 0 saturated heterocycles. The fourth-order valence-corrected chi connectivity index (χ4v) is 2.08. The normalized spacial score (nSPS) is 10.2. The zero-order valence-electron chi connectivity index (χ0n) is 10.5. The number of amides is 1. The summed E-state index contributed by atoms with van der Waals surface area (Å²) in [5.74, 6) is -0.321. The lowest BCUT2D eigenvalue weighted by Gasteiger charge is -2.08. The number of anilines is 1. The van der Waals surface area contributed by atoms with Gasteiger partial charge in [-0.25, -0.2) is 0 Å². The minimum absolute atomic E-state index is 0.00502. The molecule has 0 unspecified atom stereocenters. The van der Waals surface area contributed by atoms with Crippen LogP contribution in [0.25, 0.3) is 0 Å². The van der Waals surface area contributed by atoms with Crippen LogP contribution in [0.15, 0.2) is 42.5 Å². The molecule has 0 aliphatic carbocycles. The Morgan fingerprint density at radius 2 is 1.89 bits per heavy atom. The minimum atomic E-state index is -0.316. The summed E-state index contributed by atoms with van der Waals surface area (Å²) in [6.45, 7) is 1.86. The summed E-state index contributed by atoms with van der Waals surface area (Å²) in [4.78, 5) is 12.0. The van der Waals surface area contributed by atoms with Gasteiger partial charge in [0, 0.05) is 11.0 Å². The van der Waals surface area contributed by atoms with E-state index in [0.29, 0.717) is 5.69 Å². The average Bonchev–Trinajstić information content (AvgIpc) is 2.39. The first-order chi connectivity index (χ1) is 9.10. The van der Waals surface area contributed by atoms with Gasteiger partial charge in [-0.2, -0.15) is 0 Å². The van der Waals surface area contributed by atoms with Gasteiger partial charge in [0.15, 0.2) is 0 Å². The zero-order valence-corrected chi connectivity index (χ0v) is 12.1. The Hall–Kier alpha value is -1.81. The van der Waals surface area contributed by atoms with Crippen molar-refractivity contribution in [3.05, 3.63) is 59.2 Å². The van der Waals surface area contributed by atoms with Gasteiger partial charge in [-0.1, -0.05) is 34.1 Å². The second kappa shape index (κ2) is 5.89. The molecule has 0 saturated carbocycles. The smallest absolute Gasteiger partial charge is 0.259 e. The van der Waals surface area contributed by atoms with Crippen molar-refractivity contribution in [3.8, 4) is 5.75 Å². The molecule has 0 radical (unpaired) electrons.